The highest BCUT2D eigenvalue weighted by Crippen LogP contribution is 2.11. The minimum absolute atomic E-state index is 0. The molecule has 7 nitrogen and oxygen atoms in total. The molecule has 158 valence electrons. The first-order valence-electron chi connectivity index (χ1n) is 9.15. The van der Waals surface area contributed by atoms with Gasteiger partial charge in [0.15, 0.2) is 5.96 Å². The number of guanidine groups is 1. The van der Waals surface area contributed by atoms with Gasteiger partial charge in [0, 0.05) is 34.3 Å². The number of hydrogen-bond acceptors (Lipinski definition) is 4. The molecule has 1 saturated heterocycles. The van der Waals surface area contributed by atoms with Gasteiger partial charge in [-0.15, -0.1) is 24.0 Å². The van der Waals surface area contributed by atoms with Gasteiger partial charge in [0.2, 0.25) is 5.91 Å². The highest BCUT2D eigenvalue weighted by atomic mass is 127. The maximum atomic E-state index is 12.9. The molecule has 1 amide bonds. The van der Waals surface area contributed by atoms with E-state index in [1.54, 1.807) is 26.2 Å². The molecule has 1 fully saturated rings. The standard InChI is InChI=1S/C19H29FN4O3.HI/c1-23(2)18(25)14-22-19(21-13-17-5-4-11-26-17)24(3)10-12-27-16-8-6-15(20)7-9-16;/h6-9,17H,4-5,10-14H2,1-3H3,(H,21,22);1H. The summed E-state index contributed by atoms with van der Waals surface area (Å²) in [7, 11) is 5.30. The number of rotatable bonds is 8. The number of carbonyl (C=O) groups excluding carboxylic acids is 1. The molecule has 0 spiro atoms. The van der Waals surface area contributed by atoms with Gasteiger partial charge in [0.05, 0.1) is 12.6 Å². The number of aliphatic imine (C=N–C) groups is 1. The average molecular weight is 508 g/mol. The molecule has 1 aliphatic rings. The lowest BCUT2D eigenvalue weighted by atomic mass is 10.2. The van der Waals surface area contributed by atoms with Gasteiger partial charge in [0.25, 0.3) is 0 Å². The van der Waals surface area contributed by atoms with Crippen molar-refractivity contribution in [2.45, 2.75) is 18.9 Å². The van der Waals surface area contributed by atoms with Crippen molar-refractivity contribution in [2.24, 2.45) is 4.99 Å². The molecule has 1 aromatic rings. The van der Waals surface area contributed by atoms with Crippen LogP contribution in [0.25, 0.3) is 0 Å². The van der Waals surface area contributed by atoms with E-state index in [2.05, 4.69) is 10.3 Å². The second-order valence-corrected chi connectivity index (χ2v) is 6.67. The van der Waals surface area contributed by atoms with Gasteiger partial charge in [-0.1, -0.05) is 0 Å². The third kappa shape index (κ3) is 8.59. The summed E-state index contributed by atoms with van der Waals surface area (Å²) in [6.07, 6.45) is 2.26. The van der Waals surface area contributed by atoms with E-state index in [1.807, 2.05) is 11.9 Å². The SMILES string of the molecule is CN(C)C(=O)CN=C(NCC1CCCO1)N(C)CCOc1ccc(F)cc1.I. The van der Waals surface area contributed by atoms with E-state index in [4.69, 9.17) is 9.47 Å². The zero-order valence-corrected chi connectivity index (χ0v) is 19.0. The predicted octanol–water partition coefficient (Wildman–Crippen LogP) is 1.97. The average Bonchev–Trinajstić information content (AvgIpc) is 3.16. The van der Waals surface area contributed by atoms with Crippen LogP contribution in [0.4, 0.5) is 4.39 Å². The Hall–Kier alpha value is -1.62. The van der Waals surface area contributed by atoms with Crippen molar-refractivity contribution in [1.82, 2.24) is 15.1 Å². The molecule has 0 aromatic heterocycles. The summed E-state index contributed by atoms with van der Waals surface area (Å²) in [6.45, 7) is 2.48. The fourth-order valence-electron chi connectivity index (χ4n) is 2.54. The van der Waals surface area contributed by atoms with Crippen LogP contribution >= 0.6 is 24.0 Å². The number of benzene rings is 1. The number of nitrogens with zero attached hydrogens (tertiary/aromatic N) is 3. The van der Waals surface area contributed by atoms with Crippen LogP contribution in [0.1, 0.15) is 12.8 Å². The van der Waals surface area contributed by atoms with Crippen LogP contribution in [0.5, 0.6) is 5.75 Å². The van der Waals surface area contributed by atoms with Crippen molar-refractivity contribution in [1.29, 1.82) is 0 Å². The van der Waals surface area contributed by atoms with E-state index in [0.717, 1.165) is 19.4 Å². The van der Waals surface area contributed by atoms with Gasteiger partial charge in [-0.2, -0.15) is 0 Å². The fourth-order valence-corrected chi connectivity index (χ4v) is 2.54. The van der Waals surface area contributed by atoms with E-state index >= 15 is 0 Å². The van der Waals surface area contributed by atoms with Crippen molar-refractivity contribution in [2.75, 3.05) is 54.0 Å². The van der Waals surface area contributed by atoms with Crippen molar-refractivity contribution in [3.63, 3.8) is 0 Å². The Morgan fingerprint density at radius 2 is 2.04 bits per heavy atom. The smallest absolute Gasteiger partial charge is 0.243 e. The minimum Gasteiger partial charge on any atom is -0.492 e. The Kier molecular flexibility index (Phi) is 11.1. The number of carbonyl (C=O) groups is 1. The highest BCUT2D eigenvalue weighted by Gasteiger charge is 2.17. The maximum absolute atomic E-state index is 12.9. The molecule has 0 aliphatic carbocycles. The molecular formula is C19H30FIN4O3. The van der Waals surface area contributed by atoms with E-state index in [1.165, 1.54) is 17.0 Å². The minimum atomic E-state index is -0.294. The molecule has 1 aliphatic heterocycles. The number of amides is 1. The maximum Gasteiger partial charge on any atom is 0.243 e. The molecule has 1 aromatic carbocycles. The molecule has 1 unspecified atom stereocenters. The van der Waals surface area contributed by atoms with Gasteiger partial charge >= 0.3 is 0 Å². The lowest BCUT2D eigenvalue weighted by Gasteiger charge is -2.24. The lowest BCUT2D eigenvalue weighted by molar-refractivity contribution is -0.127. The molecule has 0 saturated carbocycles. The lowest BCUT2D eigenvalue weighted by Crippen LogP contribution is -2.44. The number of ether oxygens (including phenoxy) is 2. The van der Waals surface area contributed by atoms with E-state index < -0.39 is 0 Å². The van der Waals surface area contributed by atoms with Gasteiger partial charge in [-0.05, 0) is 37.1 Å². The summed E-state index contributed by atoms with van der Waals surface area (Å²) >= 11 is 0. The molecule has 1 atom stereocenters. The van der Waals surface area contributed by atoms with Gasteiger partial charge in [0.1, 0.15) is 24.7 Å². The first kappa shape index (κ1) is 24.4. The summed E-state index contributed by atoms with van der Waals surface area (Å²) in [4.78, 5) is 19.7. The Bertz CT molecular complexity index is 622. The Labute approximate surface area is 183 Å². The zero-order chi connectivity index (χ0) is 19.6. The first-order chi connectivity index (χ1) is 13.0. The van der Waals surface area contributed by atoms with Crippen LogP contribution < -0.4 is 10.1 Å². The fraction of sp³-hybridized carbons (Fsp3) is 0.579. The Morgan fingerprint density at radius 1 is 1.32 bits per heavy atom. The Balaban J connectivity index is 0.00000392. The summed E-state index contributed by atoms with van der Waals surface area (Å²) < 4.78 is 24.2. The number of nitrogens with one attached hydrogen (secondary N) is 1. The number of halogens is 2. The van der Waals surface area contributed by atoms with Crippen molar-refractivity contribution >= 4 is 35.8 Å². The van der Waals surface area contributed by atoms with Crippen LogP contribution in [-0.4, -0.2) is 81.8 Å². The third-order valence-corrected chi connectivity index (χ3v) is 4.25. The molecular weight excluding hydrogens is 478 g/mol. The Morgan fingerprint density at radius 3 is 2.64 bits per heavy atom. The van der Waals surface area contributed by atoms with E-state index in [9.17, 15) is 9.18 Å². The second-order valence-electron chi connectivity index (χ2n) is 6.67. The van der Waals surface area contributed by atoms with Gasteiger partial charge in [-0.3, -0.25) is 4.79 Å². The van der Waals surface area contributed by atoms with Gasteiger partial charge < -0.3 is 24.6 Å². The van der Waals surface area contributed by atoms with E-state index in [0.29, 0.717) is 31.4 Å². The molecule has 2 rings (SSSR count). The van der Waals surface area contributed by atoms with Crippen LogP contribution in [0.15, 0.2) is 29.3 Å². The summed E-state index contributed by atoms with van der Waals surface area (Å²) in [6, 6.07) is 5.91. The number of likely N-dealkylation sites (N-methyl/N-ethyl adjacent to an activating group) is 2. The largest absolute Gasteiger partial charge is 0.492 e. The normalized spacial score (nSPS) is 16.3. The summed E-state index contributed by atoms with van der Waals surface area (Å²) in [5, 5.41) is 3.29. The second kappa shape index (κ2) is 12.8. The van der Waals surface area contributed by atoms with E-state index in [-0.39, 0.29) is 48.3 Å². The van der Waals surface area contributed by atoms with Crippen molar-refractivity contribution in [3.05, 3.63) is 30.1 Å². The van der Waals surface area contributed by atoms with Crippen LogP contribution in [0.2, 0.25) is 0 Å². The first-order valence-corrected chi connectivity index (χ1v) is 9.15. The summed E-state index contributed by atoms with van der Waals surface area (Å²) in [5.74, 6) is 0.877. The quantitative estimate of drug-likeness (QED) is 0.331. The third-order valence-electron chi connectivity index (χ3n) is 4.25. The molecule has 1 heterocycles. The monoisotopic (exact) mass is 508 g/mol. The molecule has 28 heavy (non-hydrogen) atoms. The highest BCUT2D eigenvalue weighted by molar-refractivity contribution is 14.0. The van der Waals surface area contributed by atoms with Crippen molar-refractivity contribution in [3.8, 4) is 5.75 Å². The topological polar surface area (TPSA) is 66.4 Å². The predicted molar refractivity (Wildman–Crippen MR) is 118 cm³/mol. The summed E-state index contributed by atoms with van der Waals surface area (Å²) in [5.41, 5.74) is 0. The molecule has 1 N–H and O–H groups in total. The van der Waals surface area contributed by atoms with Crippen molar-refractivity contribution < 1.29 is 18.7 Å². The van der Waals surface area contributed by atoms with Crippen LogP contribution in [0, 0.1) is 5.82 Å². The van der Waals surface area contributed by atoms with Crippen LogP contribution in [0.3, 0.4) is 0 Å². The molecule has 0 bridgehead atoms. The number of hydrogen-bond donors (Lipinski definition) is 1. The zero-order valence-electron chi connectivity index (χ0n) is 16.7. The van der Waals surface area contributed by atoms with Gasteiger partial charge in [-0.25, -0.2) is 9.38 Å². The van der Waals surface area contributed by atoms with Crippen LogP contribution in [-0.2, 0) is 9.53 Å². The molecule has 9 heteroatoms. The molecule has 0 radical (unpaired) electrons.